The summed E-state index contributed by atoms with van der Waals surface area (Å²) in [5.41, 5.74) is -2.39. The quantitative estimate of drug-likeness (QED) is 0.666. The zero-order chi connectivity index (χ0) is 15.8. The third kappa shape index (κ3) is 3.43. The van der Waals surface area contributed by atoms with Crippen LogP contribution >= 0.6 is 0 Å². The molecule has 0 amide bonds. The molecule has 10 heteroatoms. The minimum atomic E-state index is -4.52. The van der Waals surface area contributed by atoms with Gasteiger partial charge in [-0.3, -0.25) is 10.1 Å². The maximum Gasteiger partial charge on any atom is 0.434 e. The van der Waals surface area contributed by atoms with E-state index in [2.05, 4.69) is 4.98 Å². The highest BCUT2D eigenvalue weighted by Crippen LogP contribution is 2.31. The first kappa shape index (κ1) is 15.5. The zero-order valence-corrected chi connectivity index (χ0v) is 11.3. The molecule has 2 rings (SSSR count). The van der Waals surface area contributed by atoms with Crippen molar-refractivity contribution in [3.63, 3.8) is 0 Å². The Balaban J connectivity index is 2.09. The predicted molar refractivity (Wildman–Crippen MR) is 66.5 cm³/mol. The van der Waals surface area contributed by atoms with Crippen molar-refractivity contribution < 1.29 is 23.2 Å². The molecule has 0 bridgehead atoms. The monoisotopic (exact) mass is 308 g/mol. The van der Waals surface area contributed by atoms with Crippen LogP contribution in [0.2, 0.25) is 0 Å². The molecule has 1 aromatic heterocycles. The number of nitrogens with zero attached hydrogens (tertiary/aromatic N) is 4. The van der Waals surface area contributed by atoms with Gasteiger partial charge in [-0.1, -0.05) is 0 Å². The molecule has 118 valence electrons. The molecule has 0 radical (unpaired) electrons. The van der Waals surface area contributed by atoms with Gasteiger partial charge >= 0.3 is 6.18 Å². The maximum absolute atomic E-state index is 12.6. The molecule has 0 saturated carbocycles. The lowest BCUT2D eigenvalue weighted by Gasteiger charge is -2.36. The lowest BCUT2D eigenvalue weighted by Crippen LogP contribution is -2.48. The minimum absolute atomic E-state index is 0.113. The highest BCUT2D eigenvalue weighted by atomic mass is 19.4. The first-order valence-electron chi connectivity index (χ1n) is 6.30. The number of halogens is 3. The number of alkyl halides is 3. The second kappa shape index (κ2) is 5.17. The highest BCUT2D eigenvalue weighted by Gasteiger charge is 2.39. The Morgan fingerprint density at radius 2 is 2.05 bits per heavy atom. The van der Waals surface area contributed by atoms with Crippen LogP contribution in [0.1, 0.15) is 18.5 Å². The molecular formula is C11H15F3N4O3. The Kier molecular flexibility index (Phi) is 3.83. The summed E-state index contributed by atoms with van der Waals surface area (Å²) >= 11 is 0. The van der Waals surface area contributed by atoms with E-state index >= 15 is 0 Å². The Morgan fingerprint density at radius 1 is 1.48 bits per heavy atom. The number of hydrogen-bond acceptors (Lipinski definition) is 5. The fourth-order valence-electron chi connectivity index (χ4n) is 2.41. The third-order valence-electron chi connectivity index (χ3n) is 3.54. The Hall–Kier alpha value is -1.84. The molecule has 1 saturated heterocycles. The molecule has 1 aliphatic heterocycles. The van der Waals surface area contributed by atoms with Gasteiger partial charge in [0.1, 0.15) is 5.60 Å². The smallest absolute Gasteiger partial charge is 0.383 e. The van der Waals surface area contributed by atoms with E-state index in [1.54, 1.807) is 4.90 Å². The molecule has 0 aliphatic carbocycles. The lowest BCUT2D eigenvalue weighted by atomic mass is 9.92. The van der Waals surface area contributed by atoms with Gasteiger partial charge in [0.25, 0.3) is 0 Å². The van der Waals surface area contributed by atoms with Crippen LogP contribution in [0.5, 0.6) is 0 Å². The maximum atomic E-state index is 12.6. The average molecular weight is 308 g/mol. The van der Waals surface area contributed by atoms with E-state index in [0.717, 1.165) is 6.20 Å². The normalized spacial score (nSPS) is 18.8. The standard InChI is InChI=1S/C11H15F3N4O3/c1-16-6-8(11(12,13)14)15-9(16)17-4-2-10(19,3-5-17)7-18(20)21/h6,19H,2-5,7H2,1H3. The van der Waals surface area contributed by atoms with Crippen molar-refractivity contribution >= 4 is 5.95 Å². The number of nitro groups is 1. The zero-order valence-electron chi connectivity index (χ0n) is 11.3. The number of anilines is 1. The van der Waals surface area contributed by atoms with E-state index in [1.807, 2.05) is 0 Å². The summed E-state index contributed by atoms with van der Waals surface area (Å²) in [4.78, 5) is 15.0. The van der Waals surface area contributed by atoms with Gasteiger partial charge in [-0.2, -0.15) is 13.2 Å². The summed E-state index contributed by atoms with van der Waals surface area (Å²) in [5.74, 6) is 0.144. The number of aromatic nitrogens is 2. The van der Waals surface area contributed by atoms with Crippen molar-refractivity contribution in [2.45, 2.75) is 24.6 Å². The Morgan fingerprint density at radius 3 is 2.48 bits per heavy atom. The van der Waals surface area contributed by atoms with Gasteiger partial charge < -0.3 is 14.6 Å². The molecule has 21 heavy (non-hydrogen) atoms. The molecule has 1 fully saturated rings. The van der Waals surface area contributed by atoms with Crippen molar-refractivity contribution in [3.05, 3.63) is 22.0 Å². The van der Waals surface area contributed by atoms with Crippen molar-refractivity contribution in [1.29, 1.82) is 0 Å². The molecule has 0 aromatic carbocycles. The largest absolute Gasteiger partial charge is 0.434 e. The van der Waals surface area contributed by atoms with E-state index < -0.39 is 28.9 Å². The summed E-state index contributed by atoms with van der Waals surface area (Å²) < 4.78 is 39.1. The van der Waals surface area contributed by atoms with Crippen LogP contribution < -0.4 is 4.90 Å². The van der Waals surface area contributed by atoms with E-state index in [9.17, 15) is 28.4 Å². The SMILES string of the molecule is Cn1cc(C(F)(F)F)nc1N1CCC(O)(C[N+](=O)[O-])CC1. The average Bonchev–Trinajstić information content (AvgIpc) is 2.71. The molecule has 1 N–H and O–H groups in total. The van der Waals surface area contributed by atoms with Crippen LogP contribution in [0.3, 0.4) is 0 Å². The molecule has 0 atom stereocenters. The number of piperidine rings is 1. The first-order chi connectivity index (χ1) is 9.61. The molecule has 2 heterocycles. The van der Waals surface area contributed by atoms with Crippen molar-refractivity contribution in [2.24, 2.45) is 7.05 Å². The molecule has 7 nitrogen and oxygen atoms in total. The molecule has 0 unspecified atom stereocenters. The fourth-order valence-corrected chi connectivity index (χ4v) is 2.41. The van der Waals surface area contributed by atoms with Crippen molar-refractivity contribution in [2.75, 3.05) is 24.5 Å². The van der Waals surface area contributed by atoms with Crippen LogP contribution in [-0.2, 0) is 13.2 Å². The van der Waals surface area contributed by atoms with Gasteiger partial charge in [0, 0.05) is 44.1 Å². The second-order valence-corrected chi connectivity index (χ2v) is 5.24. The fraction of sp³-hybridized carbons (Fsp3) is 0.727. The highest BCUT2D eigenvalue weighted by molar-refractivity contribution is 5.35. The van der Waals surface area contributed by atoms with Gasteiger partial charge in [0.15, 0.2) is 5.69 Å². The van der Waals surface area contributed by atoms with Crippen LogP contribution in [0.25, 0.3) is 0 Å². The summed E-state index contributed by atoms with van der Waals surface area (Å²) in [6.45, 7) is -0.131. The van der Waals surface area contributed by atoms with Crippen LogP contribution in [0.4, 0.5) is 19.1 Å². The molecule has 1 aliphatic rings. The molecule has 1 aromatic rings. The van der Waals surface area contributed by atoms with Crippen molar-refractivity contribution in [1.82, 2.24) is 9.55 Å². The minimum Gasteiger partial charge on any atom is -0.383 e. The number of aliphatic hydroxyl groups is 1. The predicted octanol–water partition coefficient (Wildman–Crippen LogP) is 1.05. The van der Waals surface area contributed by atoms with Gasteiger partial charge in [0.05, 0.1) is 0 Å². The number of rotatable bonds is 3. The van der Waals surface area contributed by atoms with Crippen LogP contribution in [0.15, 0.2) is 6.20 Å². The first-order valence-corrected chi connectivity index (χ1v) is 6.30. The molecule has 0 spiro atoms. The second-order valence-electron chi connectivity index (χ2n) is 5.24. The third-order valence-corrected chi connectivity index (χ3v) is 3.54. The number of aryl methyl sites for hydroxylation is 1. The van der Waals surface area contributed by atoms with E-state index in [-0.39, 0.29) is 31.9 Å². The number of imidazole rings is 1. The lowest BCUT2D eigenvalue weighted by molar-refractivity contribution is -0.501. The van der Waals surface area contributed by atoms with E-state index in [1.165, 1.54) is 11.6 Å². The number of hydrogen-bond donors (Lipinski definition) is 1. The van der Waals surface area contributed by atoms with Crippen LogP contribution in [-0.4, -0.2) is 44.8 Å². The summed E-state index contributed by atoms with van der Waals surface area (Å²) in [6.07, 6.45) is -3.39. The summed E-state index contributed by atoms with van der Waals surface area (Å²) in [5, 5.41) is 20.5. The Labute approximate surface area is 118 Å². The van der Waals surface area contributed by atoms with Gasteiger partial charge in [-0.25, -0.2) is 4.98 Å². The van der Waals surface area contributed by atoms with Gasteiger partial charge in [0.2, 0.25) is 12.5 Å². The van der Waals surface area contributed by atoms with E-state index in [4.69, 9.17) is 0 Å². The summed E-state index contributed by atoms with van der Waals surface area (Å²) in [7, 11) is 1.45. The van der Waals surface area contributed by atoms with Gasteiger partial charge in [-0.05, 0) is 0 Å². The molecular weight excluding hydrogens is 293 g/mol. The summed E-state index contributed by atoms with van der Waals surface area (Å²) in [6, 6.07) is 0. The van der Waals surface area contributed by atoms with Crippen molar-refractivity contribution in [3.8, 4) is 0 Å². The van der Waals surface area contributed by atoms with Crippen LogP contribution in [0, 0.1) is 10.1 Å². The Bertz CT molecular complexity index is 535. The van der Waals surface area contributed by atoms with Gasteiger partial charge in [-0.15, -0.1) is 0 Å². The van der Waals surface area contributed by atoms with E-state index in [0.29, 0.717) is 0 Å². The topological polar surface area (TPSA) is 84.4 Å².